The van der Waals surface area contributed by atoms with Gasteiger partial charge in [-0.1, -0.05) is 12.1 Å². The fraction of sp³-hybridized carbons (Fsp3) is 0.462. The third-order valence-electron chi connectivity index (χ3n) is 2.61. The SMILES string of the molecule is CCN(CC)C(=O)CSc1cccc(CN)c1. The van der Waals surface area contributed by atoms with Crippen molar-refractivity contribution in [3.05, 3.63) is 29.8 Å². The fourth-order valence-electron chi connectivity index (χ4n) is 1.57. The lowest BCUT2D eigenvalue weighted by Gasteiger charge is -2.18. The van der Waals surface area contributed by atoms with E-state index in [4.69, 9.17) is 5.73 Å². The second kappa shape index (κ2) is 7.35. The highest BCUT2D eigenvalue weighted by Gasteiger charge is 2.09. The molecular formula is C13H20N2OS. The topological polar surface area (TPSA) is 46.3 Å². The van der Waals surface area contributed by atoms with E-state index in [9.17, 15) is 4.79 Å². The van der Waals surface area contributed by atoms with Crippen molar-refractivity contribution in [3.63, 3.8) is 0 Å². The molecule has 2 N–H and O–H groups in total. The lowest BCUT2D eigenvalue weighted by molar-refractivity contribution is -0.127. The number of thioether (sulfide) groups is 1. The molecule has 0 aliphatic heterocycles. The van der Waals surface area contributed by atoms with E-state index in [1.807, 2.05) is 43.0 Å². The molecule has 0 spiro atoms. The minimum absolute atomic E-state index is 0.193. The number of hydrogen-bond acceptors (Lipinski definition) is 3. The summed E-state index contributed by atoms with van der Waals surface area (Å²) in [5.41, 5.74) is 6.68. The van der Waals surface area contributed by atoms with Crippen molar-refractivity contribution in [2.75, 3.05) is 18.8 Å². The van der Waals surface area contributed by atoms with Crippen molar-refractivity contribution >= 4 is 17.7 Å². The van der Waals surface area contributed by atoms with Crippen LogP contribution < -0.4 is 5.73 Å². The van der Waals surface area contributed by atoms with Crippen LogP contribution in [0, 0.1) is 0 Å². The zero-order valence-electron chi connectivity index (χ0n) is 10.5. The van der Waals surface area contributed by atoms with Gasteiger partial charge in [-0.15, -0.1) is 11.8 Å². The van der Waals surface area contributed by atoms with Crippen LogP contribution in [-0.4, -0.2) is 29.6 Å². The lowest BCUT2D eigenvalue weighted by Crippen LogP contribution is -2.31. The molecule has 1 amide bonds. The molecule has 0 unspecified atom stereocenters. The number of nitrogens with zero attached hydrogens (tertiary/aromatic N) is 1. The van der Waals surface area contributed by atoms with Gasteiger partial charge in [-0.3, -0.25) is 4.79 Å². The molecule has 0 aliphatic carbocycles. The zero-order valence-corrected chi connectivity index (χ0v) is 11.3. The van der Waals surface area contributed by atoms with Crippen LogP contribution in [0.3, 0.4) is 0 Å². The van der Waals surface area contributed by atoms with E-state index in [1.165, 1.54) is 0 Å². The van der Waals surface area contributed by atoms with Gasteiger partial charge in [0.2, 0.25) is 5.91 Å². The summed E-state index contributed by atoms with van der Waals surface area (Å²) in [4.78, 5) is 14.8. The Morgan fingerprint density at radius 1 is 1.35 bits per heavy atom. The molecular weight excluding hydrogens is 232 g/mol. The number of benzene rings is 1. The van der Waals surface area contributed by atoms with Crippen LogP contribution in [0.5, 0.6) is 0 Å². The molecule has 0 radical (unpaired) electrons. The second-order valence-electron chi connectivity index (χ2n) is 3.71. The van der Waals surface area contributed by atoms with E-state index in [-0.39, 0.29) is 5.91 Å². The van der Waals surface area contributed by atoms with Gasteiger partial charge in [0.1, 0.15) is 0 Å². The molecule has 0 atom stereocenters. The maximum absolute atomic E-state index is 11.8. The van der Waals surface area contributed by atoms with E-state index in [2.05, 4.69) is 0 Å². The molecule has 0 heterocycles. The van der Waals surface area contributed by atoms with Gasteiger partial charge < -0.3 is 10.6 Å². The second-order valence-corrected chi connectivity index (χ2v) is 4.75. The van der Waals surface area contributed by atoms with Crippen molar-refractivity contribution in [3.8, 4) is 0 Å². The summed E-state index contributed by atoms with van der Waals surface area (Å²) in [6.07, 6.45) is 0. The highest BCUT2D eigenvalue weighted by Crippen LogP contribution is 2.19. The molecule has 0 saturated carbocycles. The van der Waals surface area contributed by atoms with Crippen LogP contribution in [-0.2, 0) is 11.3 Å². The minimum Gasteiger partial charge on any atom is -0.343 e. The van der Waals surface area contributed by atoms with Gasteiger partial charge in [0, 0.05) is 24.5 Å². The first-order valence-electron chi connectivity index (χ1n) is 5.90. The molecule has 17 heavy (non-hydrogen) atoms. The van der Waals surface area contributed by atoms with Gasteiger partial charge in [-0.2, -0.15) is 0 Å². The predicted molar refractivity (Wildman–Crippen MR) is 73.0 cm³/mol. The van der Waals surface area contributed by atoms with Gasteiger partial charge in [-0.25, -0.2) is 0 Å². The van der Waals surface area contributed by atoms with Crippen LogP contribution in [0.15, 0.2) is 29.2 Å². The molecule has 0 aromatic heterocycles. The standard InChI is InChI=1S/C13H20N2OS/c1-3-15(4-2)13(16)10-17-12-7-5-6-11(8-12)9-14/h5-8H,3-4,9-10,14H2,1-2H3. The summed E-state index contributed by atoms with van der Waals surface area (Å²) in [5.74, 6) is 0.688. The molecule has 94 valence electrons. The summed E-state index contributed by atoms with van der Waals surface area (Å²) < 4.78 is 0. The lowest BCUT2D eigenvalue weighted by atomic mass is 10.2. The summed E-state index contributed by atoms with van der Waals surface area (Å²) >= 11 is 1.57. The summed E-state index contributed by atoms with van der Waals surface area (Å²) in [5, 5.41) is 0. The molecule has 0 fully saturated rings. The Balaban J connectivity index is 2.52. The zero-order chi connectivity index (χ0) is 12.7. The number of hydrogen-bond donors (Lipinski definition) is 1. The molecule has 1 rings (SSSR count). The first-order chi connectivity index (χ1) is 8.21. The minimum atomic E-state index is 0.193. The molecule has 0 aliphatic rings. The Morgan fingerprint density at radius 3 is 2.65 bits per heavy atom. The maximum Gasteiger partial charge on any atom is 0.232 e. The van der Waals surface area contributed by atoms with E-state index in [0.717, 1.165) is 23.5 Å². The van der Waals surface area contributed by atoms with Crippen LogP contribution in [0.2, 0.25) is 0 Å². The average Bonchev–Trinajstić information content (AvgIpc) is 2.38. The summed E-state index contributed by atoms with van der Waals surface area (Å²) in [7, 11) is 0. The predicted octanol–water partition coefficient (Wildman–Crippen LogP) is 2.11. The highest BCUT2D eigenvalue weighted by molar-refractivity contribution is 8.00. The van der Waals surface area contributed by atoms with Gasteiger partial charge >= 0.3 is 0 Å². The molecule has 1 aromatic rings. The number of carbonyl (C=O) groups is 1. The third kappa shape index (κ3) is 4.40. The molecule has 3 nitrogen and oxygen atoms in total. The summed E-state index contributed by atoms with van der Waals surface area (Å²) in [6.45, 7) is 6.10. The highest BCUT2D eigenvalue weighted by atomic mass is 32.2. The fourth-order valence-corrected chi connectivity index (χ4v) is 2.46. The van der Waals surface area contributed by atoms with Gasteiger partial charge in [0.25, 0.3) is 0 Å². The van der Waals surface area contributed by atoms with Crippen LogP contribution in [0.25, 0.3) is 0 Å². The van der Waals surface area contributed by atoms with Crippen molar-refractivity contribution in [1.82, 2.24) is 4.90 Å². The van der Waals surface area contributed by atoms with E-state index < -0.39 is 0 Å². The van der Waals surface area contributed by atoms with Gasteiger partial charge in [-0.05, 0) is 31.5 Å². The van der Waals surface area contributed by atoms with Crippen molar-refractivity contribution in [1.29, 1.82) is 0 Å². The average molecular weight is 252 g/mol. The molecule has 0 bridgehead atoms. The van der Waals surface area contributed by atoms with Gasteiger partial charge in [0.05, 0.1) is 5.75 Å². The monoisotopic (exact) mass is 252 g/mol. The Morgan fingerprint density at radius 2 is 2.06 bits per heavy atom. The normalized spacial score (nSPS) is 10.3. The van der Waals surface area contributed by atoms with Crippen LogP contribution in [0.4, 0.5) is 0 Å². The largest absolute Gasteiger partial charge is 0.343 e. The quantitative estimate of drug-likeness (QED) is 0.789. The molecule has 0 saturated heterocycles. The van der Waals surface area contributed by atoms with Crippen molar-refractivity contribution < 1.29 is 4.79 Å². The van der Waals surface area contributed by atoms with Crippen molar-refractivity contribution in [2.45, 2.75) is 25.3 Å². The van der Waals surface area contributed by atoms with E-state index in [0.29, 0.717) is 12.3 Å². The smallest absolute Gasteiger partial charge is 0.232 e. The number of amides is 1. The van der Waals surface area contributed by atoms with Crippen molar-refractivity contribution in [2.24, 2.45) is 5.73 Å². The molecule has 4 heteroatoms. The third-order valence-corrected chi connectivity index (χ3v) is 3.59. The van der Waals surface area contributed by atoms with Crippen LogP contribution in [0.1, 0.15) is 19.4 Å². The first kappa shape index (κ1) is 14.1. The summed E-state index contributed by atoms with van der Waals surface area (Å²) in [6, 6.07) is 8.03. The first-order valence-corrected chi connectivity index (χ1v) is 6.89. The Labute approximate surface area is 107 Å². The van der Waals surface area contributed by atoms with E-state index in [1.54, 1.807) is 11.8 Å². The maximum atomic E-state index is 11.8. The molecule has 1 aromatic carbocycles. The number of carbonyl (C=O) groups excluding carboxylic acids is 1. The number of rotatable bonds is 6. The Kier molecular flexibility index (Phi) is 6.08. The van der Waals surface area contributed by atoms with Gasteiger partial charge in [0.15, 0.2) is 0 Å². The number of nitrogens with two attached hydrogens (primary N) is 1. The van der Waals surface area contributed by atoms with E-state index >= 15 is 0 Å². The Hall–Kier alpha value is -1.00. The van der Waals surface area contributed by atoms with Crippen LogP contribution >= 0.6 is 11.8 Å². The Bertz CT molecular complexity index is 364.